The van der Waals surface area contributed by atoms with Gasteiger partial charge in [-0.05, 0) is 6.07 Å². The number of aromatic nitrogens is 6. The SMILES string of the molecule is Cn1cc(-c2c(-c3ccccc3)[nH+]c(N)n3c(=O)n(Cc4ocnc4C(F)F)nc23)ccc1=O. The van der Waals surface area contributed by atoms with Crippen molar-refractivity contribution in [2.75, 3.05) is 5.73 Å². The van der Waals surface area contributed by atoms with Gasteiger partial charge in [0.05, 0.1) is 5.56 Å². The minimum atomic E-state index is -2.87. The number of rotatable bonds is 5. The van der Waals surface area contributed by atoms with Crippen LogP contribution in [-0.4, -0.2) is 23.7 Å². The molecule has 0 saturated carbocycles. The second-order valence-electron chi connectivity index (χ2n) is 7.55. The molecule has 4 aromatic heterocycles. The van der Waals surface area contributed by atoms with E-state index in [2.05, 4.69) is 15.1 Å². The van der Waals surface area contributed by atoms with Crippen LogP contribution in [-0.2, 0) is 13.6 Å². The number of nitrogen functional groups attached to an aromatic ring is 1. The predicted octanol–water partition coefficient (Wildman–Crippen LogP) is 1.90. The molecule has 0 saturated heterocycles. The molecule has 0 bridgehead atoms. The van der Waals surface area contributed by atoms with Gasteiger partial charge in [0, 0.05) is 30.4 Å². The number of alkyl halides is 2. The summed E-state index contributed by atoms with van der Waals surface area (Å²) in [6, 6.07) is 12.3. The monoisotopic (exact) mass is 466 g/mol. The molecule has 0 fully saturated rings. The summed E-state index contributed by atoms with van der Waals surface area (Å²) >= 11 is 0. The van der Waals surface area contributed by atoms with Crippen LogP contribution in [0.4, 0.5) is 14.7 Å². The molecule has 0 amide bonds. The van der Waals surface area contributed by atoms with Gasteiger partial charge in [-0.1, -0.05) is 30.3 Å². The van der Waals surface area contributed by atoms with Crippen LogP contribution in [0.3, 0.4) is 0 Å². The molecule has 5 rings (SSSR count). The molecule has 172 valence electrons. The number of oxazole rings is 1. The zero-order valence-electron chi connectivity index (χ0n) is 17.8. The lowest BCUT2D eigenvalue weighted by molar-refractivity contribution is -0.351. The maximum atomic E-state index is 13.2. The molecule has 0 spiro atoms. The second-order valence-corrected chi connectivity index (χ2v) is 7.55. The van der Waals surface area contributed by atoms with E-state index in [4.69, 9.17) is 10.2 Å². The summed E-state index contributed by atoms with van der Waals surface area (Å²) in [6.07, 6.45) is -0.364. The first kappa shape index (κ1) is 21.2. The van der Waals surface area contributed by atoms with E-state index >= 15 is 0 Å². The van der Waals surface area contributed by atoms with E-state index in [0.29, 0.717) is 16.8 Å². The number of nitrogens with zero attached hydrogens (tertiary/aromatic N) is 5. The van der Waals surface area contributed by atoms with Crippen molar-refractivity contribution in [3.05, 3.63) is 87.3 Å². The van der Waals surface area contributed by atoms with Crippen LogP contribution in [0.25, 0.3) is 28.0 Å². The summed E-state index contributed by atoms with van der Waals surface area (Å²) in [5.41, 5.74) is 7.36. The van der Waals surface area contributed by atoms with Crippen LogP contribution in [0.5, 0.6) is 0 Å². The van der Waals surface area contributed by atoms with Crippen LogP contribution in [0.2, 0.25) is 0 Å². The molecule has 1 aromatic carbocycles. The highest BCUT2D eigenvalue weighted by Crippen LogP contribution is 2.32. The van der Waals surface area contributed by atoms with Crippen molar-refractivity contribution in [1.82, 2.24) is 23.7 Å². The van der Waals surface area contributed by atoms with Crippen LogP contribution >= 0.6 is 0 Å². The Morgan fingerprint density at radius 3 is 2.59 bits per heavy atom. The highest BCUT2D eigenvalue weighted by molar-refractivity contribution is 5.88. The Kier molecular flexibility index (Phi) is 5.04. The van der Waals surface area contributed by atoms with Crippen molar-refractivity contribution >= 4 is 11.6 Å². The highest BCUT2D eigenvalue weighted by Gasteiger charge is 2.27. The lowest BCUT2D eigenvalue weighted by Crippen LogP contribution is -2.28. The quantitative estimate of drug-likeness (QED) is 0.421. The standard InChI is InChI=1S/C22H17F2N7O3/c1-29-9-13(7-8-15(29)32)16-17(12-5-3-2-4-6-12)27-21(25)31-20(16)28-30(22(31)33)10-14-18(19(23)24)26-11-34-14/h2-9,11,19H,10H2,1H3,(H2,25,27)/p+1. The Morgan fingerprint density at radius 1 is 1.12 bits per heavy atom. The predicted molar refractivity (Wildman–Crippen MR) is 117 cm³/mol. The largest absolute Gasteiger partial charge is 0.446 e. The summed E-state index contributed by atoms with van der Waals surface area (Å²) in [5, 5.41) is 4.41. The van der Waals surface area contributed by atoms with Gasteiger partial charge in [-0.25, -0.2) is 23.5 Å². The molecule has 0 atom stereocenters. The van der Waals surface area contributed by atoms with E-state index < -0.39 is 17.8 Å². The maximum Gasteiger partial charge on any atom is 0.411 e. The Hall–Kier alpha value is -4.61. The van der Waals surface area contributed by atoms with Crippen molar-refractivity contribution in [3.63, 3.8) is 0 Å². The molecule has 5 aromatic rings. The number of aromatic amines is 1. The van der Waals surface area contributed by atoms with Crippen molar-refractivity contribution in [2.45, 2.75) is 13.0 Å². The third kappa shape index (κ3) is 3.45. The van der Waals surface area contributed by atoms with E-state index in [0.717, 1.165) is 21.0 Å². The zero-order valence-corrected chi connectivity index (χ0v) is 17.8. The normalized spacial score (nSPS) is 11.5. The number of anilines is 1. The van der Waals surface area contributed by atoms with Gasteiger partial charge >= 0.3 is 11.6 Å². The summed E-state index contributed by atoms with van der Waals surface area (Å²) in [5.74, 6) is -0.194. The first-order valence-electron chi connectivity index (χ1n) is 10.1. The van der Waals surface area contributed by atoms with Gasteiger partial charge in [0.15, 0.2) is 12.2 Å². The van der Waals surface area contributed by atoms with E-state index in [-0.39, 0.29) is 29.5 Å². The molecule has 0 aliphatic heterocycles. The van der Waals surface area contributed by atoms with Crippen LogP contribution in [0.1, 0.15) is 17.9 Å². The molecule has 10 nitrogen and oxygen atoms in total. The molecule has 34 heavy (non-hydrogen) atoms. The highest BCUT2D eigenvalue weighted by atomic mass is 19.3. The number of hydrogen-bond donors (Lipinski definition) is 1. The number of nitrogens with one attached hydrogen (secondary N) is 1. The molecular formula is C22H18F2N7O3+. The Bertz CT molecular complexity index is 1630. The fourth-order valence-electron chi connectivity index (χ4n) is 3.80. The third-order valence-corrected chi connectivity index (χ3v) is 5.42. The Morgan fingerprint density at radius 2 is 1.88 bits per heavy atom. The van der Waals surface area contributed by atoms with Gasteiger partial charge in [0.1, 0.15) is 17.9 Å². The maximum absolute atomic E-state index is 13.2. The molecular weight excluding hydrogens is 448 g/mol. The summed E-state index contributed by atoms with van der Waals surface area (Å²) in [6.45, 7) is -0.368. The van der Waals surface area contributed by atoms with Gasteiger partial charge < -0.3 is 8.98 Å². The molecule has 0 unspecified atom stereocenters. The van der Waals surface area contributed by atoms with Gasteiger partial charge in [0.25, 0.3) is 6.43 Å². The third-order valence-electron chi connectivity index (χ3n) is 5.42. The molecule has 0 aliphatic rings. The minimum Gasteiger partial charge on any atom is -0.446 e. The van der Waals surface area contributed by atoms with E-state index in [1.54, 1.807) is 19.3 Å². The summed E-state index contributed by atoms with van der Waals surface area (Å²) < 4.78 is 35.1. The Labute approximate surface area is 189 Å². The van der Waals surface area contributed by atoms with Crippen molar-refractivity contribution in [2.24, 2.45) is 7.05 Å². The first-order chi connectivity index (χ1) is 16.3. The van der Waals surface area contributed by atoms with Crippen molar-refractivity contribution in [3.8, 4) is 22.4 Å². The molecule has 4 heterocycles. The fourth-order valence-corrected chi connectivity index (χ4v) is 3.80. The van der Waals surface area contributed by atoms with Crippen LogP contribution in [0.15, 0.2) is 69.1 Å². The van der Waals surface area contributed by atoms with E-state index in [9.17, 15) is 18.4 Å². The lowest BCUT2D eigenvalue weighted by atomic mass is 10.0. The molecule has 12 heteroatoms. The number of halogens is 2. The number of H-pyrrole nitrogens is 1. The molecule has 0 aliphatic carbocycles. The number of aryl methyl sites for hydroxylation is 1. The van der Waals surface area contributed by atoms with Crippen molar-refractivity contribution in [1.29, 1.82) is 0 Å². The fraction of sp³-hybridized carbons (Fsp3) is 0.136. The number of pyridine rings is 1. The molecule has 3 N–H and O–H groups in total. The lowest BCUT2D eigenvalue weighted by Gasteiger charge is -2.10. The Balaban J connectivity index is 1.80. The summed E-state index contributed by atoms with van der Waals surface area (Å²) in [7, 11) is 1.60. The van der Waals surface area contributed by atoms with Crippen LogP contribution in [0, 0.1) is 0 Å². The summed E-state index contributed by atoms with van der Waals surface area (Å²) in [4.78, 5) is 31.7. The van der Waals surface area contributed by atoms with E-state index in [1.165, 1.54) is 10.6 Å². The van der Waals surface area contributed by atoms with E-state index in [1.807, 2.05) is 30.3 Å². The average molecular weight is 466 g/mol. The van der Waals surface area contributed by atoms with Gasteiger partial charge in [-0.15, -0.1) is 9.50 Å². The number of nitrogens with two attached hydrogens (primary N) is 1. The van der Waals surface area contributed by atoms with Crippen LogP contribution < -0.4 is 22.0 Å². The first-order valence-corrected chi connectivity index (χ1v) is 10.1. The van der Waals surface area contributed by atoms with Gasteiger partial charge in [-0.2, -0.15) is 4.68 Å². The number of hydrogen-bond acceptors (Lipinski definition) is 6. The number of benzene rings is 1. The van der Waals surface area contributed by atoms with Crippen molar-refractivity contribution < 1.29 is 18.2 Å². The topological polar surface area (TPSA) is 127 Å². The zero-order chi connectivity index (χ0) is 24.0. The average Bonchev–Trinajstić information content (AvgIpc) is 3.41. The minimum absolute atomic E-state index is 0.00896. The van der Waals surface area contributed by atoms with Gasteiger partial charge in [-0.3, -0.25) is 10.5 Å². The smallest absolute Gasteiger partial charge is 0.411 e. The number of fused-ring (bicyclic) bond motifs is 1. The van der Waals surface area contributed by atoms with Gasteiger partial charge in [0.2, 0.25) is 11.2 Å². The molecule has 0 radical (unpaired) electrons. The second kappa shape index (κ2) is 8.06.